The van der Waals surface area contributed by atoms with Crippen LogP contribution in [0.3, 0.4) is 0 Å². The quantitative estimate of drug-likeness (QED) is 0.232. The molecule has 2 aromatic carbocycles. The van der Waals surface area contributed by atoms with Crippen molar-refractivity contribution in [1.29, 1.82) is 0 Å². The van der Waals surface area contributed by atoms with Crippen molar-refractivity contribution < 1.29 is 43.0 Å². The van der Waals surface area contributed by atoms with E-state index in [1.807, 2.05) is 52.0 Å². The topological polar surface area (TPSA) is 121 Å². The minimum absolute atomic E-state index is 0. The number of hydrogen-bond acceptors (Lipinski definition) is 10. The molecule has 0 saturated carbocycles. The fraction of sp³-hybridized carbons (Fsp3) is 0.400. The molecule has 2 aromatic rings. The predicted octanol–water partition coefficient (Wildman–Crippen LogP) is 4.17. The Bertz CT molecular complexity index is 940. The Labute approximate surface area is 215 Å². The normalized spacial score (nSPS) is 11.1. The molecule has 33 heavy (non-hydrogen) atoms. The second kappa shape index (κ2) is 15.2. The molecule has 2 rings (SSSR count). The Morgan fingerprint density at radius 2 is 0.848 bits per heavy atom. The predicted molar refractivity (Wildman–Crippen MR) is 131 cm³/mol. The van der Waals surface area contributed by atoms with Crippen LogP contribution in [0.5, 0.6) is 0 Å². The SMILES string of the molecule is CCN(CC)c1ccc(SS(=O)(=O)[O-])cc1.CCN(CC)c1ccc(SS(=O)(=O)[O-])cc1.[Fe+2]. The average Bonchev–Trinajstić information content (AvgIpc) is 2.70. The number of nitrogens with zero attached hydrogens (tertiary/aromatic N) is 2. The van der Waals surface area contributed by atoms with Crippen molar-refractivity contribution in [1.82, 2.24) is 0 Å². The Morgan fingerprint density at radius 1 is 0.606 bits per heavy atom. The van der Waals surface area contributed by atoms with Crippen molar-refractivity contribution >= 4 is 51.3 Å². The van der Waals surface area contributed by atoms with Crippen LogP contribution in [0.15, 0.2) is 58.3 Å². The fourth-order valence-corrected chi connectivity index (χ4v) is 5.88. The largest absolute Gasteiger partial charge is 2.00 e. The molecule has 0 aliphatic rings. The molecule has 0 atom stereocenters. The molecule has 0 unspecified atom stereocenters. The molecule has 0 aliphatic heterocycles. The monoisotopic (exact) mass is 576 g/mol. The molecule has 0 spiro atoms. The van der Waals surface area contributed by atoms with Gasteiger partial charge >= 0.3 is 17.1 Å². The summed E-state index contributed by atoms with van der Waals surface area (Å²) in [5.74, 6) is 0. The van der Waals surface area contributed by atoms with Gasteiger partial charge in [0.05, 0.1) is 0 Å². The third kappa shape index (κ3) is 12.9. The van der Waals surface area contributed by atoms with Crippen LogP contribution in [0, 0.1) is 0 Å². The van der Waals surface area contributed by atoms with E-state index in [2.05, 4.69) is 9.80 Å². The van der Waals surface area contributed by atoms with Crippen molar-refractivity contribution in [2.45, 2.75) is 37.5 Å². The zero-order valence-corrected chi connectivity index (χ0v) is 23.1. The minimum Gasteiger partial charge on any atom is -0.739 e. The van der Waals surface area contributed by atoms with Gasteiger partial charge in [0.25, 0.3) is 0 Å². The first-order valence-electron chi connectivity index (χ1n) is 9.92. The number of hydrogen-bond donors (Lipinski definition) is 0. The van der Waals surface area contributed by atoms with Crippen molar-refractivity contribution in [3.05, 3.63) is 48.5 Å². The van der Waals surface area contributed by atoms with Crippen LogP contribution in [0.2, 0.25) is 0 Å². The molecule has 13 heteroatoms. The van der Waals surface area contributed by atoms with Crippen molar-refractivity contribution in [3.8, 4) is 0 Å². The molecule has 8 nitrogen and oxygen atoms in total. The van der Waals surface area contributed by atoms with E-state index in [4.69, 9.17) is 0 Å². The van der Waals surface area contributed by atoms with Gasteiger partial charge in [0.15, 0.2) is 18.3 Å². The summed E-state index contributed by atoms with van der Waals surface area (Å²) in [4.78, 5) is 5.18. The van der Waals surface area contributed by atoms with Gasteiger partial charge in [-0.15, -0.1) is 0 Å². The molecular weight excluding hydrogens is 548 g/mol. The standard InChI is InChI=1S/2C10H15NO3S2.Fe/c2*1-3-11(4-2)9-5-7-10(8-6-9)15-16(12,13)14;/h2*5-8H,3-4H2,1-2H3,(H,12,13,14);/q;;+2/p-2. The summed E-state index contributed by atoms with van der Waals surface area (Å²) in [6, 6.07) is 13.9. The van der Waals surface area contributed by atoms with Crippen LogP contribution in [0.4, 0.5) is 11.4 Å². The first-order chi connectivity index (χ1) is 14.9. The van der Waals surface area contributed by atoms with Gasteiger partial charge in [0.1, 0.15) is 0 Å². The first kappa shape index (κ1) is 32.1. The molecule has 0 aromatic heterocycles. The summed E-state index contributed by atoms with van der Waals surface area (Å²) in [5, 5.41) is 0. The van der Waals surface area contributed by atoms with Crippen LogP contribution in [0.25, 0.3) is 0 Å². The molecular formula is C20H28FeN2O6S4. The van der Waals surface area contributed by atoms with Crippen LogP contribution in [-0.2, 0) is 35.4 Å². The van der Waals surface area contributed by atoms with Crippen molar-refractivity contribution in [2.24, 2.45) is 0 Å². The van der Waals surface area contributed by atoms with Gasteiger partial charge in [-0.05, 0) is 97.8 Å². The summed E-state index contributed by atoms with van der Waals surface area (Å²) in [6.45, 7) is 11.8. The van der Waals surface area contributed by atoms with Crippen molar-refractivity contribution in [2.75, 3.05) is 36.0 Å². The van der Waals surface area contributed by atoms with E-state index in [-0.39, 0.29) is 17.1 Å². The maximum absolute atomic E-state index is 10.5. The molecule has 0 heterocycles. The second-order valence-corrected chi connectivity index (χ2v) is 12.7. The summed E-state index contributed by atoms with van der Waals surface area (Å²) in [7, 11) is -7.87. The number of rotatable bonds is 10. The maximum atomic E-state index is 10.5. The van der Waals surface area contributed by atoms with Gasteiger partial charge in [0, 0.05) is 47.3 Å². The number of benzene rings is 2. The first-order valence-corrected chi connectivity index (χ1v) is 15.4. The van der Waals surface area contributed by atoms with Gasteiger partial charge in [-0.3, -0.25) is 0 Å². The molecule has 0 aliphatic carbocycles. The zero-order chi connectivity index (χ0) is 24.4. The molecule has 0 fully saturated rings. The molecule has 0 saturated heterocycles. The van der Waals surface area contributed by atoms with Gasteiger partial charge in [-0.25, -0.2) is 16.8 Å². The Morgan fingerprint density at radius 3 is 1.03 bits per heavy atom. The Kier molecular flexibility index (Phi) is 14.7. The second-order valence-electron chi connectivity index (χ2n) is 6.32. The van der Waals surface area contributed by atoms with E-state index in [0.29, 0.717) is 31.4 Å². The molecule has 0 bridgehead atoms. The maximum Gasteiger partial charge on any atom is 2.00 e. The fourth-order valence-electron chi connectivity index (χ4n) is 2.84. The average molecular weight is 577 g/mol. The Hall–Kier alpha value is -0.921. The van der Waals surface area contributed by atoms with E-state index >= 15 is 0 Å². The van der Waals surface area contributed by atoms with Gasteiger partial charge in [-0.1, -0.05) is 0 Å². The van der Waals surface area contributed by atoms with Gasteiger partial charge in [-0.2, -0.15) is 0 Å². The third-order valence-electron chi connectivity index (χ3n) is 4.33. The van der Waals surface area contributed by atoms with E-state index in [0.717, 1.165) is 37.6 Å². The summed E-state index contributed by atoms with van der Waals surface area (Å²) >= 11 is 0. The number of anilines is 2. The Balaban J connectivity index is 0.000000602. The van der Waals surface area contributed by atoms with E-state index < -0.39 is 18.3 Å². The van der Waals surface area contributed by atoms with Crippen LogP contribution < -0.4 is 9.80 Å². The third-order valence-corrected chi connectivity index (χ3v) is 8.04. The molecule has 0 amide bonds. The summed E-state index contributed by atoms with van der Waals surface area (Å²) < 4.78 is 63.2. The van der Waals surface area contributed by atoms with Crippen LogP contribution in [-0.4, -0.2) is 52.1 Å². The van der Waals surface area contributed by atoms with E-state index in [9.17, 15) is 25.9 Å². The van der Waals surface area contributed by atoms with E-state index in [1.54, 1.807) is 24.3 Å². The zero-order valence-electron chi connectivity index (χ0n) is 18.8. The minimum atomic E-state index is -4.27. The van der Waals surface area contributed by atoms with Crippen LogP contribution >= 0.6 is 21.6 Å². The summed E-state index contributed by atoms with van der Waals surface area (Å²) in [6.07, 6.45) is 0. The van der Waals surface area contributed by atoms with Gasteiger partial charge in [0.2, 0.25) is 0 Å². The van der Waals surface area contributed by atoms with Gasteiger partial charge < -0.3 is 18.9 Å². The molecule has 0 N–H and O–H groups in total. The van der Waals surface area contributed by atoms with Crippen LogP contribution in [0.1, 0.15) is 27.7 Å². The van der Waals surface area contributed by atoms with Crippen molar-refractivity contribution in [3.63, 3.8) is 0 Å². The molecule has 186 valence electrons. The smallest absolute Gasteiger partial charge is 0.739 e. The van der Waals surface area contributed by atoms with E-state index in [1.165, 1.54) is 0 Å². The molecule has 0 radical (unpaired) electrons. The summed E-state index contributed by atoms with van der Waals surface area (Å²) in [5.41, 5.74) is 2.05.